The van der Waals surface area contributed by atoms with E-state index in [-0.39, 0.29) is 29.3 Å². The second-order valence-electron chi connectivity index (χ2n) is 7.06. The van der Waals surface area contributed by atoms with Gasteiger partial charge in [0.05, 0.1) is 16.9 Å². The molecule has 0 radical (unpaired) electrons. The van der Waals surface area contributed by atoms with Gasteiger partial charge in [0.2, 0.25) is 5.56 Å². The van der Waals surface area contributed by atoms with Crippen molar-refractivity contribution in [2.24, 2.45) is 10.1 Å². The SMILES string of the molecule is CC(C)(COc1cccc2c1C(N)=NS(=O)(=O)C2)NC(=O)c1cc[nH]c(=O)c1. The monoisotopic (exact) mass is 404 g/mol. The number of fused-ring (bicyclic) bond motifs is 1. The van der Waals surface area contributed by atoms with Crippen LogP contribution in [0, 0.1) is 0 Å². The van der Waals surface area contributed by atoms with Crippen molar-refractivity contribution in [2.75, 3.05) is 6.61 Å². The zero-order chi connectivity index (χ0) is 20.5. The molecule has 1 aromatic carbocycles. The van der Waals surface area contributed by atoms with Crippen molar-refractivity contribution in [1.29, 1.82) is 0 Å². The molecule has 0 aliphatic carbocycles. The van der Waals surface area contributed by atoms with Crippen LogP contribution in [0.2, 0.25) is 0 Å². The van der Waals surface area contributed by atoms with Gasteiger partial charge in [-0.2, -0.15) is 0 Å². The van der Waals surface area contributed by atoms with Crippen LogP contribution >= 0.6 is 0 Å². The highest BCUT2D eigenvalue weighted by Gasteiger charge is 2.27. The molecule has 0 saturated heterocycles. The number of carbonyl (C=O) groups is 1. The van der Waals surface area contributed by atoms with Gasteiger partial charge in [-0.1, -0.05) is 12.1 Å². The minimum atomic E-state index is -3.63. The number of pyridine rings is 1. The Morgan fingerprint density at radius 3 is 2.82 bits per heavy atom. The fraction of sp³-hybridized carbons (Fsp3) is 0.278. The Morgan fingerprint density at radius 2 is 2.11 bits per heavy atom. The number of benzene rings is 1. The summed E-state index contributed by atoms with van der Waals surface area (Å²) in [4.78, 5) is 26.2. The summed E-state index contributed by atoms with van der Waals surface area (Å²) in [7, 11) is -3.63. The van der Waals surface area contributed by atoms with Gasteiger partial charge in [0.25, 0.3) is 15.9 Å². The summed E-state index contributed by atoms with van der Waals surface area (Å²) in [5, 5.41) is 2.80. The summed E-state index contributed by atoms with van der Waals surface area (Å²) in [6.45, 7) is 3.60. The zero-order valence-electron chi connectivity index (χ0n) is 15.4. The molecule has 1 aliphatic rings. The molecule has 10 heteroatoms. The van der Waals surface area contributed by atoms with Gasteiger partial charge in [0.15, 0.2) is 0 Å². The predicted octanol–water partition coefficient (Wildman–Crippen LogP) is 0.511. The molecule has 4 N–H and O–H groups in total. The number of carbonyl (C=O) groups excluding carboxylic acids is 1. The lowest BCUT2D eigenvalue weighted by atomic mass is 10.0. The van der Waals surface area contributed by atoms with Crippen molar-refractivity contribution >= 4 is 21.8 Å². The van der Waals surface area contributed by atoms with Gasteiger partial charge >= 0.3 is 0 Å². The summed E-state index contributed by atoms with van der Waals surface area (Å²) in [6, 6.07) is 7.69. The van der Waals surface area contributed by atoms with E-state index < -0.39 is 21.5 Å². The Hall–Kier alpha value is -3.14. The number of aromatic nitrogens is 1. The topological polar surface area (TPSA) is 144 Å². The number of H-pyrrole nitrogens is 1. The summed E-state index contributed by atoms with van der Waals surface area (Å²) in [5.41, 5.74) is 5.85. The molecule has 1 aliphatic heterocycles. The second-order valence-corrected chi connectivity index (χ2v) is 8.70. The Balaban J connectivity index is 1.75. The lowest BCUT2D eigenvalue weighted by Gasteiger charge is -2.27. The van der Waals surface area contributed by atoms with Crippen molar-refractivity contribution < 1.29 is 17.9 Å². The van der Waals surface area contributed by atoms with Gasteiger partial charge in [-0.3, -0.25) is 9.59 Å². The quantitative estimate of drug-likeness (QED) is 0.662. The van der Waals surface area contributed by atoms with Gasteiger partial charge in [-0.15, -0.1) is 4.40 Å². The maximum Gasteiger partial charge on any atom is 0.259 e. The van der Waals surface area contributed by atoms with Gasteiger partial charge in [-0.05, 0) is 31.5 Å². The predicted molar refractivity (Wildman–Crippen MR) is 104 cm³/mol. The van der Waals surface area contributed by atoms with E-state index in [0.29, 0.717) is 16.9 Å². The number of amides is 1. The Morgan fingerprint density at radius 1 is 1.36 bits per heavy atom. The molecular weight excluding hydrogens is 384 g/mol. The molecule has 0 unspecified atom stereocenters. The summed E-state index contributed by atoms with van der Waals surface area (Å²) in [5.74, 6) is -0.403. The summed E-state index contributed by atoms with van der Waals surface area (Å²) < 4.78 is 32.9. The maximum absolute atomic E-state index is 12.4. The smallest absolute Gasteiger partial charge is 0.259 e. The van der Waals surface area contributed by atoms with Crippen LogP contribution in [0.5, 0.6) is 5.75 Å². The van der Waals surface area contributed by atoms with Gasteiger partial charge in [0, 0.05) is 17.8 Å². The fourth-order valence-electron chi connectivity index (χ4n) is 2.79. The largest absolute Gasteiger partial charge is 0.490 e. The number of ether oxygens (including phenoxy) is 1. The van der Waals surface area contributed by atoms with E-state index >= 15 is 0 Å². The molecule has 9 nitrogen and oxygen atoms in total. The first-order chi connectivity index (χ1) is 13.1. The molecule has 0 fully saturated rings. The van der Waals surface area contributed by atoms with Crippen LogP contribution in [-0.2, 0) is 15.8 Å². The number of hydrogen-bond donors (Lipinski definition) is 3. The Labute approximate surface area is 161 Å². The van der Waals surface area contributed by atoms with Crippen molar-refractivity contribution in [1.82, 2.24) is 10.3 Å². The number of rotatable bonds is 5. The molecular formula is C18H20N4O5S. The molecule has 0 saturated carbocycles. The molecule has 0 bridgehead atoms. The average molecular weight is 404 g/mol. The van der Waals surface area contributed by atoms with Crippen LogP contribution in [-0.4, -0.2) is 37.3 Å². The van der Waals surface area contributed by atoms with E-state index in [2.05, 4.69) is 14.7 Å². The molecule has 0 spiro atoms. The van der Waals surface area contributed by atoms with Gasteiger partial charge < -0.3 is 20.8 Å². The van der Waals surface area contributed by atoms with Crippen LogP contribution in [0.15, 0.2) is 45.7 Å². The number of nitrogens with one attached hydrogen (secondary N) is 2. The van der Waals surface area contributed by atoms with Crippen molar-refractivity contribution in [3.63, 3.8) is 0 Å². The molecule has 1 aromatic heterocycles. The number of hydrogen-bond acceptors (Lipinski definition) is 6. The highest BCUT2D eigenvalue weighted by Crippen LogP contribution is 2.28. The molecule has 148 valence electrons. The lowest BCUT2D eigenvalue weighted by molar-refractivity contribution is 0.0880. The third-order valence-corrected chi connectivity index (χ3v) is 5.17. The normalized spacial score (nSPS) is 15.3. The van der Waals surface area contributed by atoms with Crippen molar-refractivity contribution in [3.8, 4) is 5.75 Å². The number of aromatic amines is 1. The van der Waals surface area contributed by atoms with E-state index in [9.17, 15) is 18.0 Å². The van der Waals surface area contributed by atoms with Crippen LogP contribution in [0.3, 0.4) is 0 Å². The summed E-state index contributed by atoms with van der Waals surface area (Å²) in [6.07, 6.45) is 1.40. The Bertz CT molecular complexity index is 1120. The minimum Gasteiger partial charge on any atom is -0.490 e. The highest BCUT2D eigenvalue weighted by atomic mass is 32.2. The lowest BCUT2D eigenvalue weighted by Crippen LogP contribution is -2.48. The van der Waals surface area contributed by atoms with E-state index in [1.165, 1.54) is 18.3 Å². The number of amidine groups is 1. The first-order valence-electron chi connectivity index (χ1n) is 8.41. The fourth-order valence-corrected chi connectivity index (χ4v) is 3.88. The van der Waals surface area contributed by atoms with Crippen LogP contribution in [0.1, 0.15) is 35.3 Å². The molecule has 1 amide bonds. The zero-order valence-corrected chi connectivity index (χ0v) is 16.2. The molecule has 2 aromatic rings. The van der Waals surface area contributed by atoms with E-state index in [1.54, 1.807) is 32.0 Å². The van der Waals surface area contributed by atoms with Gasteiger partial charge in [-0.25, -0.2) is 8.42 Å². The number of sulfonamides is 1. The first-order valence-corrected chi connectivity index (χ1v) is 10.0. The van der Waals surface area contributed by atoms with Crippen molar-refractivity contribution in [3.05, 3.63) is 63.6 Å². The first kappa shape index (κ1) is 19.6. The molecule has 0 atom stereocenters. The third-order valence-electron chi connectivity index (χ3n) is 4.02. The highest BCUT2D eigenvalue weighted by molar-refractivity contribution is 7.89. The number of nitrogens with two attached hydrogens (primary N) is 1. The van der Waals surface area contributed by atoms with Crippen LogP contribution < -0.4 is 21.3 Å². The van der Waals surface area contributed by atoms with Crippen LogP contribution in [0.25, 0.3) is 0 Å². The average Bonchev–Trinajstić information content (AvgIpc) is 2.58. The molecule has 28 heavy (non-hydrogen) atoms. The minimum absolute atomic E-state index is 0.0818. The Kier molecular flexibility index (Phi) is 4.99. The van der Waals surface area contributed by atoms with E-state index in [0.717, 1.165) is 0 Å². The van der Waals surface area contributed by atoms with Crippen LogP contribution in [0.4, 0.5) is 0 Å². The van der Waals surface area contributed by atoms with Crippen molar-refractivity contribution in [2.45, 2.75) is 25.1 Å². The number of nitrogens with zero attached hydrogens (tertiary/aromatic N) is 1. The maximum atomic E-state index is 12.4. The molecule has 2 heterocycles. The van der Waals surface area contributed by atoms with E-state index in [4.69, 9.17) is 10.5 Å². The standard InChI is InChI=1S/C18H20N4O5S/c1-18(2,21-17(24)11-6-7-20-14(23)8-11)10-27-13-5-3-4-12-9-28(25,26)22-16(19)15(12)13/h3-8H,9-10H2,1-2H3,(H2,19,22)(H,20,23)(H,21,24). The van der Waals surface area contributed by atoms with E-state index in [1.807, 2.05) is 0 Å². The van der Waals surface area contributed by atoms with Gasteiger partial charge in [0.1, 0.15) is 18.2 Å². The second kappa shape index (κ2) is 7.12. The summed E-state index contributed by atoms with van der Waals surface area (Å²) >= 11 is 0. The molecule has 3 rings (SSSR count). The third kappa shape index (κ3) is 4.39.